The number of aliphatic imine (C=N–C) groups is 2. The molecule has 22 heavy (non-hydrogen) atoms. The van der Waals surface area contributed by atoms with Crippen molar-refractivity contribution >= 4 is 46.5 Å². The lowest BCUT2D eigenvalue weighted by molar-refractivity contribution is 1.49. The van der Waals surface area contributed by atoms with Crippen LogP contribution in [-0.4, -0.2) is 12.4 Å². The van der Waals surface area contributed by atoms with Crippen molar-refractivity contribution < 1.29 is 0 Å². The van der Waals surface area contributed by atoms with E-state index < -0.39 is 0 Å². The Kier molecular flexibility index (Phi) is 4.61. The Bertz CT molecular complexity index is 738. The van der Waals surface area contributed by atoms with Crippen LogP contribution < -0.4 is 0 Å². The second kappa shape index (κ2) is 6.81. The van der Waals surface area contributed by atoms with E-state index in [1.807, 2.05) is 36.7 Å². The number of aryl methyl sites for hydroxylation is 2. The highest BCUT2D eigenvalue weighted by molar-refractivity contribution is 7.13. The molecular formula is C18H16N2S2. The van der Waals surface area contributed by atoms with Gasteiger partial charge in [-0.15, -0.1) is 22.7 Å². The van der Waals surface area contributed by atoms with Crippen molar-refractivity contribution in [3.05, 3.63) is 68.0 Å². The van der Waals surface area contributed by atoms with Gasteiger partial charge in [0.1, 0.15) is 0 Å². The van der Waals surface area contributed by atoms with E-state index in [2.05, 4.69) is 48.1 Å². The molecule has 0 saturated heterocycles. The van der Waals surface area contributed by atoms with E-state index in [-0.39, 0.29) is 0 Å². The molecule has 3 rings (SSSR count). The van der Waals surface area contributed by atoms with Crippen molar-refractivity contribution in [2.75, 3.05) is 0 Å². The first-order chi connectivity index (χ1) is 10.7. The van der Waals surface area contributed by atoms with Gasteiger partial charge in [-0.1, -0.05) is 0 Å². The molecular weight excluding hydrogens is 308 g/mol. The molecule has 0 atom stereocenters. The molecule has 0 aliphatic heterocycles. The van der Waals surface area contributed by atoms with E-state index >= 15 is 0 Å². The second-order valence-corrected chi connectivity index (χ2v) is 7.57. The highest BCUT2D eigenvalue weighted by Crippen LogP contribution is 2.20. The van der Waals surface area contributed by atoms with Gasteiger partial charge in [0.2, 0.25) is 0 Å². The summed E-state index contributed by atoms with van der Waals surface area (Å²) in [6, 6.07) is 16.3. The topological polar surface area (TPSA) is 24.7 Å². The minimum absolute atomic E-state index is 0.942. The maximum atomic E-state index is 4.49. The number of benzene rings is 1. The van der Waals surface area contributed by atoms with Gasteiger partial charge in [0.25, 0.3) is 0 Å². The summed E-state index contributed by atoms with van der Waals surface area (Å²) in [4.78, 5) is 13.9. The molecule has 110 valence electrons. The van der Waals surface area contributed by atoms with Gasteiger partial charge in [-0.2, -0.15) is 0 Å². The molecule has 2 nitrogen and oxygen atoms in total. The van der Waals surface area contributed by atoms with E-state index in [0.29, 0.717) is 0 Å². The van der Waals surface area contributed by atoms with Crippen molar-refractivity contribution in [3.63, 3.8) is 0 Å². The summed E-state index contributed by atoms with van der Waals surface area (Å²) >= 11 is 3.49. The van der Waals surface area contributed by atoms with Crippen LogP contribution in [0.5, 0.6) is 0 Å². The first kappa shape index (κ1) is 14.9. The molecule has 2 aromatic heterocycles. The van der Waals surface area contributed by atoms with Crippen molar-refractivity contribution in [3.8, 4) is 0 Å². The summed E-state index contributed by atoms with van der Waals surface area (Å²) < 4.78 is 0. The Balaban J connectivity index is 1.67. The quantitative estimate of drug-likeness (QED) is 0.532. The van der Waals surface area contributed by atoms with Gasteiger partial charge in [-0.3, -0.25) is 9.98 Å². The predicted octanol–water partition coefficient (Wildman–Crippen LogP) is 5.93. The number of rotatable bonds is 4. The van der Waals surface area contributed by atoms with E-state index in [4.69, 9.17) is 0 Å². The highest BCUT2D eigenvalue weighted by atomic mass is 32.1. The van der Waals surface area contributed by atoms with E-state index in [9.17, 15) is 0 Å². The second-order valence-electron chi connectivity index (χ2n) is 4.93. The standard InChI is InChI=1S/C18H16N2S2/c1-13-3-9-17(21-13)11-19-15-5-7-16(8-6-15)20-12-18-10-4-14(2)22-18/h3-12H,1-2H3/b19-11+,20-12+. The third-order valence-electron chi connectivity index (χ3n) is 3.05. The van der Waals surface area contributed by atoms with Crippen LogP contribution in [0.15, 0.2) is 58.5 Å². The fourth-order valence-corrected chi connectivity index (χ4v) is 3.45. The van der Waals surface area contributed by atoms with Gasteiger partial charge < -0.3 is 0 Å². The van der Waals surface area contributed by atoms with E-state index in [1.54, 1.807) is 22.7 Å². The van der Waals surface area contributed by atoms with Crippen LogP contribution in [0.3, 0.4) is 0 Å². The molecule has 0 amide bonds. The zero-order valence-corrected chi connectivity index (χ0v) is 14.1. The molecule has 0 aliphatic rings. The zero-order valence-electron chi connectivity index (χ0n) is 12.5. The van der Waals surface area contributed by atoms with Crippen LogP contribution in [-0.2, 0) is 0 Å². The molecule has 0 saturated carbocycles. The van der Waals surface area contributed by atoms with Gasteiger partial charge in [0.15, 0.2) is 0 Å². The maximum Gasteiger partial charge on any atom is 0.0631 e. The lowest BCUT2D eigenvalue weighted by Gasteiger charge is -1.95. The lowest BCUT2D eigenvalue weighted by atomic mass is 10.3. The molecule has 0 N–H and O–H groups in total. The molecule has 4 heteroatoms. The molecule has 0 bridgehead atoms. The summed E-state index contributed by atoms with van der Waals surface area (Å²) in [6.07, 6.45) is 3.81. The minimum atomic E-state index is 0.942. The number of nitrogens with zero attached hydrogens (tertiary/aromatic N) is 2. The normalized spacial score (nSPS) is 11.7. The molecule has 3 aromatic rings. The monoisotopic (exact) mass is 324 g/mol. The molecule has 0 aliphatic carbocycles. The number of hydrogen-bond donors (Lipinski definition) is 0. The Hall–Kier alpha value is -2.04. The van der Waals surface area contributed by atoms with Gasteiger partial charge >= 0.3 is 0 Å². The van der Waals surface area contributed by atoms with Crippen LogP contribution in [0.4, 0.5) is 11.4 Å². The Morgan fingerprint density at radius 2 is 1.05 bits per heavy atom. The van der Waals surface area contributed by atoms with Crippen LogP contribution in [0.25, 0.3) is 0 Å². The Labute approximate surface area is 138 Å². The highest BCUT2D eigenvalue weighted by Gasteiger charge is 1.95. The van der Waals surface area contributed by atoms with Crippen LogP contribution in [0.1, 0.15) is 19.5 Å². The molecule has 0 fully saturated rings. The average Bonchev–Trinajstić information content (AvgIpc) is 3.12. The van der Waals surface area contributed by atoms with Crippen molar-refractivity contribution in [1.29, 1.82) is 0 Å². The van der Waals surface area contributed by atoms with Crippen LogP contribution >= 0.6 is 22.7 Å². The van der Waals surface area contributed by atoms with Crippen molar-refractivity contribution in [1.82, 2.24) is 0 Å². The first-order valence-corrected chi connectivity index (χ1v) is 8.63. The summed E-state index contributed by atoms with van der Waals surface area (Å²) in [5.74, 6) is 0. The SMILES string of the molecule is Cc1ccc(/C=N/c2ccc(/N=C/c3ccc(C)s3)cc2)s1. The van der Waals surface area contributed by atoms with Crippen LogP contribution in [0, 0.1) is 13.8 Å². The summed E-state index contributed by atoms with van der Waals surface area (Å²) in [5, 5.41) is 0. The van der Waals surface area contributed by atoms with Crippen molar-refractivity contribution in [2.24, 2.45) is 9.98 Å². The molecule has 0 unspecified atom stereocenters. The largest absolute Gasteiger partial charge is 0.255 e. The Morgan fingerprint density at radius 3 is 1.36 bits per heavy atom. The van der Waals surface area contributed by atoms with Gasteiger partial charge in [-0.25, -0.2) is 0 Å². The third kappa shape index (κ3) is 4.00. The Morgan fingerprint density at radius 1 is 0.636 bits per heavy atom. The minimum Gasteiger partial charge on any atom is -0.255 e. The van der Waals surface area contributed by atoms with E-state index in [0.717, 1.165) is 11.4 Å². The summed E-state index contributed by atoms with van der Waals surface area (Å²) in [7, 11) is 0. The van der Waals surface area contributed by atoms with Gasteiger partial charge in [0, 0.05) is 31.9 Å². The fourth-order valence-electron chi connectivity index (χ4n) is 1.95. The molecule has 0 spiro atoms. The third-order valence-corrected chi connectivity index (χ3v) is 4.92. The van der Waals surface area contributed by atoms with Crippen LogP contribution in [0.2, 0.25) is 0 Å². The molecule has 2 heterocycles. The first-order valence-electron chi connectivity index (χ1n) is 7.00. The smallest absolute Gasteiger partial charge is 0.0631 e. The van der Waals surface area contributed by atoms with E-state index in [1.165, 1.54) is 19.5 Å². The number of thiophene rings is 2. The lowest BCUT2D eigenvalue weighted by Crippen LogP contribution is -1.73. The van der Waals surface area contributed by atoms with Crippen molar-refractivity contribution in [2.45, 2.75) is 13.8 Å². The molecule has 0 radical (unpaired) electrons. The van der Waals surface area contributed by atoms with Gasteiger partial charge in [0.05, 0.1) is 11.4 Å². The average molecular weight is 324 g/mol. The fraction of sp³-hybridized carbons (Fsp3) is 0.111. The zero-order chi connectivity index (χ0) is 15.4. The molecule has 1 aromatic carbocycles. The number of hydrogen-bond acceptors (Lipinski definition) is 4. The predicted molar refractivity (Wildman–Crippen MR) is 99.1 cm³/mol. The maximum absolute atomic E-state index is 4.49. The summed E-state index contributed by atoms with van der Waals surface area (Å²) in [6.45, 7) is 4.20. The van der Waals surface area contributed by atoms with Gasteiger partial charge in [-0.05, 0) is 62.4 Å². The summed E-state index contributed by atoms with van der Waals surface area (Å²) in [5.41, 5.74) is 1.88.